The van der Waals surface area contributed by atoms with Gasteiger partial charge in [-0.1, -0.05) is 170 Å². The molecular weight excluding hydrogens is 1300 g/mol. The van der Waals surface area contributed by atoms with Gasteiger partial charge in [-0.25, -0.2) is 9.59 Å². The van der Waals surface area contributed by atoms with E-state index in [0.717, 1.165) is 66.8 Å². The second-order valence-electron chi connectivity index (χ2n) is 25.7. The van der Waals surface area contributed by atoms with Crippen LogP contribution in [-0.4, -0.2) is 132 Å². The van der Waals surface area contributed by atoms with Crippen LogP contribution < -0.4 is 18.9 Å². The fourth-order valence-electron chi connectivity index (χ4n) is 14.2. The monoisotopic (exact) mass is 1370 g/mol. The first-order valence-electron chi connectivity index (χ1n) is 34.0. The van der Waals surface area contributed by atoms with Gasteiger partial charge in [0.25, 0.3) is 0 Å². The van der Waals surface area contributed by atoms with Crippen LogP contribution in [0.25, 0.3) is 22.3 Å². The number of aromatic hydroxyl groups is 2. The van der Waals surface area contributed by atoms with E-state index in [2.05, 4.69) is 48.5 Å². The molecule has 10 aromatic rings. The number of esters is 4. The topological polar surface area (TPSA) is 263 Å². The maximum Gasteiger partial charge on any atom is 0.342 e. The van der Waals surface area contributed by atoms with Gasteiger partial charge in [0.2, 0.25) is 0 Å². The van der Waals surface area contributed by atoms with Crippen LogP contribution in [0, 0.1) is 11.8 Å². The number of carbonyl (C=O) groups is 4. The molecule has 0 bridgehead atoms. The predicted octanol–water partition coefficient (Wildman–Crippen LogP) is 12.1. The SMILES string of the molecule is O=C(OCC(O)COc1ccc(C2(c3ccc(OCC(O)COC(=O)C4CCC(C(=O)OCC(O)COc5ccc(C6(c7ccc(OCC(O)COC(=O)c8ccccc8O)cc7)c7ccccc7-c7ccccc76)cc5)CC4)cc3)c3ccccc3-c3ccccc32)cc1)c1ccccc1O. The summed E-state index contributed by atoms with van der Waals surface area (Å²) in [6.07, 6.45) is -2.98. The average molecular weight is 1370 g/mol. The molecule has 0 heterocycles. The van der Waals surface area contributed by atoms with E-state index in [9.17, 15) is 49.8 Å². The number of phenolic OH excluding ortho intramolecular Hbond substituents is 2. The maximum absolute atomic E-state index is 13.3. The Kier molecular flexibility index (Phi) is 21.1. The number of para-hydroxylation sites is 2. The van der Waals surface area contributed by atoms with Gasteiger partial charge in [-0.05, 0) is 165 Å². The highest BCUT2D eigenvalue weighted by Gasteiger charge is 2.48. The van der Waals surface area contributed by atoms with Gasteiger partial charge in [0.15, 0.2) is 0 Å². The second-order valence-corrected chi connectivity index (χ2v) is 25.7. The number of carbonyl (C=O) groups excluding carboxylic acids is 4. The van der Waals surface area contributed by atoms with Crippen molar-refractivity contribution in [3.05, 3.63) is 298 Å². The van der Waals surface area contributed by atoms with Crippen molar-refractivity contribution in [1.29, 1.82) is 0 Å². The van der Waals surface area contributed by atoms with Crippen LogP contribution in [0.5, 0.6) is 34.5 Å². The Bertz CT molecular complexity index is 4200. The molecule has 0 saturated heterocycles. The van der Waals surface area contributed by atoms with E-state index in [-0.39, 0.29) is 75.5 Å². The van der Waals surface area contributed by atoms with Crippen molar-refractivity contribution in [1.82, 2.24) is 0 Å². The second kappa shape index (κ2) is 31.1. The summed E-state index contributed by atoms with van der Waals surface area (Å²) in [5, 5.41) is 63.2. The summed E-state index contributed by atoms with van der Waals surface area (Å²) in [5.74, 6) is -1.86. The van der Waals surface area contributed by atoms with Crippen LogP contribution in [0.4, 0.5) is 0 Å². The average Bonchev–Trinajstić information content (AvgIpc) is 1.54. The predicted molar refractivity (Wildman–Crippen MR) is 378 cm³/mol. The molecule has 0 aliphatic heterocycles. The number of hydrogen-bond donors (Lipinski definition) is 6. The first-order chi connectivity index (χ1) is 49.7. The summed E-state index contributed by atoms with van der Waals surface area (Å²) in [6.45, 7) is -1.84. The third-order valence-corrected chi connectivity index (χ3v) is 19.1. The molecule has 18 heteroatoms. The number of phenols is 2. The molecule has 13 rings (SSSR count). The number of aliphatic hydroxyl groups is 4. The van der Waals surface area contributed by atoms with Gasteiger partial charge in [0.1, 0.15) is 123 Å². The highest BCUT2D eigenvalue weighted by atomic mass is 16.6. The van der Waals surface area contributed by atoms with Crippen molar-refractivity contribution in [2.45, 2.75) is 60.9 Å². The minimum atomic E-state index is -1.13. The molecule has 0 spiro atoms. The van der Waals surface area contributed by atoms with E-state index >= 15 is 0 Å². The third kappa shape index (κ3) is 14.5. The molecule has 1 fully saturated rings. The summed E-state index contributed by atoms with van der Waals surface area (Å²) in [4.78, 5) is 51.6. The number of aliphatic hydroxyl groups excluding tert-OH is 4. The van der Waals surface area contributed by atoms with Crippen molar-refractivity contribution < 1.29 is 87.7 Å². The molecule has 102 heavy (non-hydrogen) atoms. The Hall–Kier alpha value is -11.3. The standard InChI is InChI=1S/C84H76O18/c85-59(45-95-63-37-29-55(30-38-63)83(73-19-7-1-13-67(73)68-14-2-8-20-74(68)83)57-33-41-65(42-34-57)97-47-61(87)51-101-81(93)71-17-5-11-23-77(71)89)49-99-79(91)53-25-27-54(28-26-53)80(92)100-50-60(86)46-96-64-39-31-56(32-40-64)84(75-21-9-3-15-69(75)70-16-4-10-22-76(70)84)58-35-43-66(44-36-58)98-48-62(88)52-102-82(94)72-18-6-12-24-78(72)90/h1-24,29-44,53-54,59-62,85-90H,25-28,45-52H2. The molecule has 0 aromatic heterocycles. The normalized spacial score (nSPS) is 16.2. The summed E-state index contributed by atoms with van der Waals surface area (Å²) in [7, 11) is 0. The molecule has 0 radical (unpaired) electrons. The molecular formula is C84H76O18. The summed E-state index contributed by atoms with van der Waals surface area (Å²) < 4.78 is 45.6. The minimum Gasteiger partial charge on any atom is -0.507 e. The van der Waals surface area contributed by atoms with Crippen LogP contribution in [0.2, 0.25) is 0 Å². The van der Waals surface area contributed by atoms with Crippen LogP contribution >= 0.6 is 0 Å². The van der Waals surface area contributed by atoms with Crippen molar-refractivity contribution >= 4 is 23.9 Å². The number of ether oxygens (including phenoxy) is 8. The van der Waals surface area contributed by atoms with Crippen LogP contribution in [0.1, 0.15) is 90.9 Å². The Labute approximate surface area is 589 Å². The van der Waals surface area contributed by atoms with Gasteiger partial charge < -0.3 is 68.5 Å². The highest BCUT2D eigenvalue weighted by molar-refractivity contribution is 5.93. The van der Waals surface area contributed by atoms with Crippen LogP contribution in [-0.2, 0) is 39.4 Å². The van der Waals surface area contributed by atoms with E-state index in [1.54, 1.807) is 24.3 Å². The van der Waals surface area contributed by atoms with Crippen LogP contribution in [0.3, 0.4) is 0 Å². The molecule has 18 nitrogen and oxygen atoms in total. The first kappa shape index (κ1) is 69.2. The Morgan fingerprint density at radius 2 is 0.539 bits per heavy atom. The number of fused-ring (bicyclic) bond motifs is 6. The Morgan fingerprint density at radius 1 is 0.304 bits per heavy atom. The van der Waals surface area contributed by atoms with Gasteiger partial charge >= 0.3 is 23.9 Å². The maximum atomic E-state index is 13.3. The molecule has 1 saturated carbocycles. The summed E-state index contributed by atoms with van der Waals surface area (Å²) in [6, 6.07) is 75.8. The minimum absolute atomic E-state index is 0.00270. The zero-order valence-electron chi connectivity index (χ0n) is 55.6. The first-order valence-corrected chi connectivity index (χ1v) is 34.0. The zero-order chi connectivity index (χ0) is 70.7. The third-order valence-electron chi connectivity index (χ3n) is 19.1. The Morgan fingerprint density at radius 3 is 0.804 bits per heavy atom. The van der Waals surface area contributed by atoms with E-state index in [1.807, 2.05) is 146 Å². The van der Waals surface area contributed by atoms with Crippen LogP contribution in [0.15, 0.2) is 243 Å². The van der Waals surface area contributed by atoms with Gasteiger partial charge in [0.05, 0.1) is 22.7 Å². The lowest BCUT2D eigenvalue weighted by molar-refractivity contribution is -0.158. The van der Waals surface area contributed by atoms with Crippen molar-refractivity contribution in [3.8, 4) is 56.8 Å². The van der Waals surface area contributed by atoms with Gasteiger partial charge in [-0.3, -0.25) is 9.59 Å². The summed E-state index contributed by atoms with van der Waals surface area (Å²) in [5.41, 5.74) is 11.0. The molecule has 10 aromatic carbocycles. The number of rotatable bonds is 28. The van der Waals surface area contributed by atoms with Crippen molar-refractivity contribution in [2.75, 3.05) is 52.9 Å². The Balaban J connectivity index is 0.561. The largest absolute Gasteiger partial charge is 0.507 e. The van der Waals surface area contributed by atoms with Gasteiger partial charge in [-0.15, -0.1) is 0 Å². The molecule has 3 aliphatic carbocycles. The lowest BCUT2D eigenvalue weighted by atomic mass is 9.68. The number of hydrogen-bond acceptors (Lipinski definition) is 18. The van der Waals surface area contributed by atoms with Gasteiger partial charge in [-0.2, -0.15) is 0 Å². The van der Waals surface area contributed by atoms with Crippen molar-refractivity contribution in [3.63, 3.8) is 0 Å². The van der Waals surface area contributed by atoms with E-state index in [0.29, 0.717) is 48.7 Å². The molecule has 6 N–H and O–H groups in total. The molecule has 3 aliphatic rings. The number of benzene rings is 10. The smallest absolute Gasteiger partial charge is 0.342 e. The quantitative estimate of drug-likeness (QED) is 0.0197. The lowest BCUT2D eigenvalue weighted by Gasteiger charge is -2.34. The molecule has 4 atom stereocenters. The van der Waals surface area contributed by atoms with E-state index in [4.69, 9.17) is 37.9 Å². The molecule has 520 valence electrons. The van der Waals surface area contributed by atoms with Crippen molar-refractivity contribution in [2.24, 2.45) is 11.8 Å². The molecule has 0 amide bonds. The van der Waals surface area contributed by atoms with Gasteiger partial charge in [0, 0.05) is 0 Å². The zero-order valence-corrected chi connectivity index (χ0v) is 55.6. The lowest BCUT2D eigenvalue weighted by Crippen LogP contribution is -2.32. The fraction of sp³-hybridized carbons (Fsp3) is 0.238. The highest BCUT2D eigenvalue weighted by Crippen LogP contribution is 2.58. The fourth-order valence-corrected chi connectivity index (χ4v) is 14.2. The van der Waals surface area contributed by atoms with E-state index in [1.165, 1.54) is 24.3 Å². The molecule has 4 unspecified atom stereocenters. The van der Waals surface area contributed by atoms with E-state index < -0.39 is 71.0 Å². The summed E-state index contributed by atoms with van der Waals surface area (Å²) >= 11 is 0.